The number of hydrogen-bond acceptors (Lipinski definition) is 2. The maximum atomic E-state index is 11.7. The highest BCUT2D eigenvalue weighted by molar-refractivity contribution is 5.82. The van der Waals surface area contributed by atoms with E-state index in [9.17, 15) is 14.7 Å². The van der Waals surface area contributed by atoms with Gasteiger partial charge in [-0.1, -0.05) is 36.8 Å². The lowest BCUT2D eigenvalue weighted by Crippen LogP contribution is -2.48. The molecule has 0 spiro atoms. The van der Waals surface area contributed by atoms with Crippen LogP contribution in [0.3, 0.4) is 0 Å². The zero-order valence-corrected chi connectivity index (χ0v) is 11.3. The van der Waals surface area contributed by atoms with Crippen molar-refractivity contribution in [1.82, 2.24) is 10.6 Å². The van der Waals surface area contributed by atoms with Crippen molar-refractivity contribution in [1.29, 1.82) is 0 Å². The Labute approximate surface area is 118 Å². The van der Waals surface area contributed by atoms with Crippen molar-refractivity contribution in [3.8, 4) is 0 Å². The topological polar surface area (TPSA) is 78.4 Å². The fourth-order valence-corrected chi connectivity index (χ4v) is 2.19. The molecule has 5 nitrogen and oxygen atoms in total. The molecule has 1 aliphatic carbocycles. The molecule has 2 rings (SSSR count). The quantitative estimate of drug-likeness (QED) is 0.741. The van der Waals surface area contributed by atoms with E-state index in [4.69, 9.17) is 0 Å². The van der Waals surface area contributed by atoms with E-state index < -0.39 is 18.0 Å². The third-order valence-electron chi connectivity index (χ3n) is 3.66. The van der Waals surface area contributed by atoms with Gasteiger partial charge in [0.2, 0.25) is 0 Å². The molecule has 2 amide bonds. The van der Waals surface area contributed by atoms with Crippen LogP contribution in [0.2, 0.25) is 0 Å². The first-order valence-electron chi connectivity index (χ1n) is 6.96. The molecule has 0 saturated heterocycles. The molecule has 20 heavy (non-hydrogen) atoms. The van der Waals surface area contributed by atoms with E-state index in [1.165, 1.54) is 6.42 Å². The summed E-state index contributed by atoms with van der Waals surface area (Å²) in [6, 6.07) is 7.97. The summed E-state index contributed by atoms with van der Waals surface area (Å²) in [7, 11) is 0. The maximum Gasteiger partial charge on any atom is 0.326 e. The molecule has 0 aromatic heterocycles. The Morgan fingerprint density at radius 2 is 1.95 bits per heavy atom. The number of amides is 2. The molecule has 108 valence electrons. The van der Waals surface area contributed by atoms with E-state index in [2.05, 4.69) is 10.6 Å². The van der Waals surface area contributed by atoms with Crippen molar-refractivity contribution in [2.75, 3.05) is 6.54 Å². The summed E-state index contributed by atoms with van der Waals surface area (Å²) in [6.07, 6.45) is 3.80. The number of carbonyl (C=O) groups excluding carboxylic acids is 1. The van der Waals surface area contributed by atoms with Crippen LogP contribution < -0.4 is 10.6 Å². The van der Waals surface area contributed by atoms with Gasteiger partial charge in [0.1, 0.15) is 6.04 Å². The Hall–Kier alpha value is -2.04. The van der Waals surface area contributed by atoms with Crippen molar-refractivity contribution in [2.45, 2.75) is 31.7 Å². The van der Waals surface area contributed by atoms with E-state index in [1.54, 1.807) is 0 Å². The van der Waals surface area contributed by atoms with Crippen LogP contribution in [0.5, 0.6) is 0 Å². The summed E-state index contributed by atoms with van der Waals surface area (Å²) in [6.45, 7) is 0.628. The molecule has 0 bridgehead atoms. The summed E-state index contributed by atoms with van der Waals surface area (Å²) in [4.78, 5) is 22.9. The Balaban J connectivity index is 1.81. The molecule has 1 saturated carbocycles. The largest absolute Gasteiger partial charge is 0.480 e. The third kappa shape index (κ3) is 4.26. The minimum Gasteiger partial charge on any atom is -0.480 e. The van der Waals surface area contributed by atoms with Crippen LogP contribution >= 0.6 is 0 Å². The molecule has 5 heteroatoms. The van der Waals surface area contributed by atoms with E-state index in [1.807, 2.05) is 30.3 Å². The number of urea groups is 1. The number of rotatable bonds is 6. The number of hydrogen-bond donors (Lipinski definition) is 3. The lowest BCUT2D eigenvalue weighted by molar-refractivity contribution is -0.139. The number of aliphatic carboxylic acids is 1. The second kappa shape index (κ2) is 6.93. The normalized spacial score (nSPS) is 16.0. The highest BCUT2D eigenvalue weighted by Gasteiger charge is 2.22. The maximum absolute atomic E-state index is 11.7. The van der Waals surface area contributed by atoms with Crippen LogP contribution in [0.25, 0.3) is 0 Å². The van der Waals surface area contributed by atoms with Gasteiger partial charge in [0.25, 0.3) is 0 Å². The summed E-state index contributed by atoms with van der Waals surface area (Å²) in [5, 5.41) is 14.4. The summed E-state index contributed by atoms with van der Waals surface area (Å²) >= 11 is 0. The lowest BCUT2D eigenvalue weighted by atomic mass is 9.85. The molecule has 0 radical (unpaired) electrons. The van der Waals surface area contributed by atoms with E-state index in [0.29, 0.717) is 12.5 Å². The summed E-state index contributed by atoms with van der Waals surface area (Å²) in [5.41, 5.74) is 0.888. The predicted octanol–water partition coefficient (Wildman–Crippen LogP) is 1.78. The number of nitrogens with one attached hydrogen (secondary N) is 2. The van der Waals surface area contributed by atoms with Gasteiger partial charge in [0, 0.05) is 13.0 Å². The molecule has 1 aromatic rings. The smallest absolute Gasteiger partial charge is 0.326 e. The highest BCUT2D eigenvalue weighted by atomic mass is 16.4. The molecule has 0 heterocycles. The fraction of sp³-hybridized carbons (Fsp3) is 0.467. The molecule has 0 unspecified atom stereocenters. The second-order valence-electron chi connectivity index (χ2n) is 5.23. The number of benzene rings is 1. The second-order valence-corrected chi connectivity index (χ2v) is 5.23. The highest BCUT2D eigenvalue weighted by Crippen LogP contribution is 2.24. The number of carboxylic acid groups (broad SMARTS) is 1. The zero-order chi connectivity index (χ0) is 14.4. The van der Waals surface area contributed by atoms with Crippen molar-refractivity contribution in [3.63, 3.8) is 0 Å². The molecule has 1 aliphatic rings. The van der Waals surface area contributed by atoms with Gasteiger partial charge in [-0.25, -0.2) is 9.59 Å². The average Bonchev–Trinajstić information content (AvgIpc) is 2.37. The first-order chi connectivity index (χ1) is 9.65. The van der Waals surface area contributed by atoms with Crippen LogP contribution in [-0.2, 0) is 11.2 Å². The van der Waals surface area contributed by atoms with E-state index in [0.717, 1.165) is 18.4 Å². The molecule has 3 N–H and O–H groups in total. The molecule has 1 atom stereocenters. The van der Waals surface area contributed by atoms with Gasteiger partial charge in [0.05, 0.1) is 0 Å². The van der Waals surface area contributed by atoms with Crippen molar-refractivity contribution >= 4 is 12.0 Å². The minimum atomic E-state index is -1.02. The van der Waals surface area contributed by atoms with Gasteiger partial charge in [0.15, 0.2) is 0 Å². The van der Waals surface area contributed by atoms with Gasteiger partial charge >= 0.3 is 12.0 Å². The van der Waals surface area contributed by atoms with Crippen molar-refractivity contribution in [3.05, 3.63) is 35.9 Å². The van der Waals surface area contributed by atoms with Crippen LogP contribution in [-0.4, -0.2) is 29.7 Å². The Kier molecular flexibility index (Phi) is 4.98. The van der Waals surface area contributed by atoms with Gasteiger partial charge in [-0.15, -0.1) is 0 Å². The summed E-state index contributed by atoms with van der Waals surface area (Å²) in [5.74, 6) is -0.467. The molecular weight excluding hydrogens is 256 g/mol. The van der Waals surface area contributed by atoms with Gasteiger partial charge in [-0.3, -0.25) is 0 Å². The first kappa shape index (κ1) is 14.4. The van der Waals surface area contributed by atoms with Crippen LogP contribution in [0, 0.1) is 5.92 Å². The predicted molar refractivity (Wildman–Crippen MR) is 75.4 cm³/mol. The summed E-state index contributed by atoms with van der Waals surface area (Å²) < 4.78 is 0. The van der Waals surface area contributed by atoms with Gasteiger partial charge in [-0.05, 0) is 24.3 Å². The molecule has 1 fully saturated rings. The van der Waals surface area contributed by atoms with Gasteiger partial charge < -0.3 is 15.7 Å². The Bertz CT molecular complexity index is 457. The average molecular weight is 276 g/mol. The standard InChI is InChI=1S/C15H20N2O3/c18-14(19)13(9-11-5-2-1-3-6-11)17-15(20)16-10-12-7-4-8-12/h1-3,5-6,12-13H,4,7-10H2,(H,18,19)(H2,16,17,20)/t13-/m1/s1. The molecule has 0 aliphatic heterocycles. The fourth-order valence-electron chi connectivity index (χ4n) is 2.19. The van der Waals surface area contributed by atoms with Crippen molar-refractivity contribution < 1.29 is 14.7 Å². The Morgan fingerprint density at radius 1 is 1.25 bits per heavy atom. The van der Waals surface area contributed by atoms with Crippen LogP contribution in [0.15, 0.2) is 30.3 Å². The van der Waals surface area contributed by atoms with Crippen molar-refractivity contribution in [2.24, 2.45) is 5.92 Å². The third-order valence-corrected chi connectivity index (χ3v) is 3.66. The molecular formula is C15H20N2O3. The zero-order valence-electron chi connectivity index (χ0n) is 11.3. The first-order valence-corrected chi connectivity index (χ1v) is 6.96. The SMILES string of the molecule is O=C(NCC1CCC1)N[C@H](Cc1ccccc1)C(=O)O. The van der Waals surface area contributed by atoms with E-state index >= 15 is 0 Å². The lowest BCUT2D eigenvalue weighted by Gasteiger charge is -2.25. The minimum absolute atomic E-state index is 0.285. The van der Waals surface area contributed by atoms with Crippen LogP contribution in [0.4, 0.5) is 4.79 Å². The number of carboxylic acids is 1. The van der Waals surface area contributed by atoms with Crippen LogP contribution in [0.1, 0.15) is 24.8 Å². The number of carbonyl (C=O) groups is 2. The molecule has 1 aromatic carbocycles. The van der Waals surface area contributed by atoms with E-state index in [-0.39, 0.29) is 6.42 Å². The van der Waals surface area contributed by atoms with Gasteiger partial charge in [-0.2, -0.15) is 0 Å². The Morgan fingerprint density at radius 3 is 2.50 bits per heavy atom. The monoisotopic (exact) mass is 276 g/mol.